The Kier molecular flexibility index (Phi) is 13.9. The van der Waals surface area contributed by atoms with E-state index in [2.05, 4.69) is 4.98 Å². The van der Waals surface area contributed by atoms with Gasteiger partial charge in [0.2, 0.25) is 11.7 Å². The van der Waals surface area contributed by atoms with E-state index in [0.29, 0.717) is 5.69 Å². The van der Waals surface area contributed by atoms with E-state index in [4.69, 9.17) is 4.74 Å². The van der Waals surface area contributed by atoms with Gasteiger partial charge in [-0.15, -0.1) is 0 Å². The summed E-state index contributed by atoms with van der Waals surface area (Å²) in [5.74, 6) is -12.4. The minimum Gasteiger partial charge on any atom is -0.488 e. The van der Waals surface area contributed by atoms with Gasteiger partial charge in [0.15, 0.2) is 23.3 Å². The first kappa shape index (κ1) is 38.8. The summed E-state index contributed by atoms with van der Waals surface area (Å²) in [6.45, 7) is 6.16. The van der Waals surface area contributed by atoms with Crippen LogP contribution in [-0.2, 0) is 28.9 Å². The summed E-state index contributed by atoms with van der Waals surface area (Å²) in [5.41, 5.74) is 2.54. The lowest BCUT2D eigenvalue weighted by Crippen LogP contribution is -2.41. The average molecular weight is 705 g/mol. The predicted octanol–water partition coefficient (Wildman–Crippen LogP) is 6.97. The number of amides is 2. The van der Waals surface area contributed by atoms with Crippen molar-refractivity contribution in [1.29, 1.82) is 0 Å². The number of likely N-dealkylation sites (N-methyl/N-ethyl adjacent to an activating group) is 1. The third-order valence-electron chi connectivity index (χ3n) is 6.99. The van der Waals surface area contributed by atoms with Crippen molar-refractivity contribution in [3.63, 3.8) is 0 Å². The topological polar surface area (TPSA) is 83.1 Å². The fourth-order valence-corrected chi connectivity index (χ4v) is 5.63. The lowest BCUT2D eigenvalue weighted by molar-refractivity contribution is -0.118. The van der Waals surface area contributed by atoms with Gasteiger partial charge in [0, 0.05) is 38.6 Å². The second-order valence-electron chi connectivity index (χ2n) is 10.6. The molecule has 0 aliphatic carbocycles. The Morgan fingerprint density at radius 2 is 1.47 bits per heavy atom. The third kappa shape index (κ3) is 9.27. The van der Waals surface area contributed by atoms with Crippen LogP contribution in [0, 0.1) is 36.0 Å². The number of hydrogen-bond donors (Lipinski definition) is 0. The Hall–Kier alpha value is -4.69. The molecule has 1 atom stereocenters. The molecule has 0 radical (unpaired) electrons. The summed E-state index contributed by atoms with van der Waals surface area (Å²) in [6.07, 6.45) is 1.59. The molecule has 1 aromatic heterocycles. The zero-order chi connectivity index (χ0) is 36.4. The molecule has 0 N–H and O–H groups in total. The molecule has 4 aromatic rings. The number of ether oxygens (including phenoxy) is 1. The Morgan fingerprint density at radius 3 is 2.02 bits per heavy atom. The van der Waals surface area contributed by atoms with Gasteiger partial charge in [0.25, 0.3) is 5.91 Å². The van der Waals surface area contributed by atoms with Crippen LogP contribution >= 0.6 is 0 Å². The highest BCUT2D eigenvalue weighted by Crippen LogP contribution is 2.30. The van der Waals surface area contributed by atoms with Crippen molar-refractivity contribution >= 4 is 28.5 Å². The number of carbonyl (C=O) groups excluding carboxylic acids is 2. The van der Waals surface area contributed by atoms with E-state index in [0.717, 1.165) is 15.4 Å². The molecule has 1 heterocycles. The van der Waals surface area contributed by atoms with Crippen molar-refractivity contribution < 1.29 is 40.5 Å². The van der Waals surface area contributed by atoms with Gasteiger partial charge in [-0.2, -0.15) is 0 Å². The van der Waals surface area contributed by atoms with Crippen molar-refractivity contribution in [3.05, 3.63) is 118 Å². The highest BCUT2D eigenvalue weighted by atomic mass is 32.2. The van der Waals surface area contributed by atoms with E-state index in [-0.39, 0.29) is 42.6 Å². The summed E-state index contributed by atoms with van der Waals surface area (Å²) in [5, 5.41) is 0. The summed E-state index contributed by atoms with van der Waals surface area (Å²) < 4.78 is 90.6. The number of carbonyl (C=O) groups is 2. The van der Waals surface area contributed by atoms with E-state index in [1.165, 1.54) is 34.9 Å². The van der Waals surface area contributed by atoms with Gasteiger partial charge in [-0.3, -0.25) is 14.6 Å². The van der Waals surface area contributed by atoms with Crippen LogP contribution in [0.3, 0.4) is 0 Å². The Balaban J connectivity index is 0.00000319. The van der Waals surface area contributed by atoms with Crippen molar-refractivity contribution in [1.82, 2.24) is 14.2 Å². The molecule has 0 saturated carbocycles. The van der Waals surface area contributed by atoms with Crippen molar-refractivity contribution in [2.75, 3.05) is 32.1 Å². The summed E-state index contributed by atoms with van der Waals surface area (Å²) in [6, 6.07) is 17.1. The fraction of sp³-hybridized carbons (Fsp3) is 0.286. The third-order valence-corrected chi connectivity index (χ3v) is 8.55. The Morgan fingerprint density at radius 1 is 0.857 bits per heavy atom. The molecule has 2 amide bonds. The van der Waals surface area contributed by atoms with Crippen LogP contribution in [0.15, 0.2) is 71.8 Å². The Labute approximate surface area is 284 Å². The molecule has 14 heteroatoms. The molecular weight excluding hydrogens is 667 g/mol. The van der Waals surface area contributed by atoms with Crippen LogP contribution in [0.1, 0.15) is 48.0 Å². The number of pyridine rings is 1. The number of aromatic nitrogens is 1. The van der Waals surface area contributed by atoms with Gasteiger partial charge in [0.05, 0.1) is 24.3 Å². The second kappa shape index (κ2) is 17.6. The normalized spacial score (nSPS) is 11.4. The van der Waals surface area contributed by atoms with Gasteiger partial charge in [-0.25, -0.2) is 30.5 Å². The first-order chi connectivity index (χ1) is 23.3. The molecule has 1 unspecified atom stereocenters. The molecular formula is C35H37F5N4O4S. The summed E-state index contributed by atoms with van der Waals surface area (Å²) in [7, 11) is 0.178. The van der Waals surface area contributed by atoms with E-state index < -0.39 is 57.4 Å². The number of aryl methyl sites for hydroxylation is 1. The largest absolute Gasteiger partial charge is 0.488 e. The molecule has 8 nitrogen and oxygen atoms in total. The van der Waals surface area contributed by atoms with Crippen LogP contribution in [0.2, 0.25) is 0 Å². The smallest absolute Gasteiger partial charge is 0.257 e. The van der Waals surface area contributed by atoms with Gasteiger partial charge >= 0.3 is 0 Å². The monoisotopic (exact) mass is 704 g/mol. The van der Waals surface area contributed by atoms with Crippen LogP contribution in [0.25, 0.3) is 0 Å². The van der Waals surface area contributed by atoms with Gasteiger partial charge in [-0.1, -0.05) is 57.2 Å². The molecule has 0 bridgehead atoms. The molecule has 0 aliphatic rings. The lowest BCUT2D eigenvalue weighted by Gasteiger charge is -2.27. The van der Waals surface area contributed by atoms with E-state index in [9.17, 15) is 35.8 Å². The first-order valence-electron chi connectivity index (χ1n) is 15.3. The second-order valence-corrected chi connectivity index (χ2v) is 12.0. The maximum atomic E-state index is 14.5. The van der Waals surface area contributed by atoms with Crippen LogP contribution in [-0.4, -0.2) is 57.4 Å². The predicted molar refractivity (Wildman–Crippen MR) is 177 cm³/mol. The van der Waals surface area contributed by atoms with Crippen LogP contribution in [0.5, 0.6) is 5.75 Å². The van der Waals surface area contributed by atoms with Crippen molar-refractivity contribution in [2.45, 2.75) is 45.7 Å². The summed E-state index contributed by atoms with van der Waals surface area (Å²) >= 11 is 0. The maximum absolute atomic E-state index is 14.5. The number of nitrogens with zero attached hydrogens (tertiary/aromatic N) is 4. The van der Waals surface area contributed by atoms with E-state index >= 15 is 0 Å². The number of halogens is 5. The quantitative estimate of drug-likeness (QED) is 0.0905. The Bertz CT molecular complexity index is 1760. The molecule has 0 fully saturated rings. The van der Waals surface area contributed by atoms with E-state index in [1.807, 2.05) is 51.1 Å². The van der Waals surface area contributed by atoms with Crippen LogP contribution < -0.4 is 9.64 Å². The highest BCUT2D eigenvalue weighted by molar-refractivity contribution is 7.82. The first-order valence-corrected chi connectivity index (χ1v) is 16.4. The molecule has 4 rings (SSSR count). The lowest BCUT2D eigenvalue weighted by atomic mass is 10.1. The fourth-order valence-electron chi connectivity index (χ4n) is 4.42. The zero-order valence-electron chi connectivity index (χ0n) is 27.9. The molecule has 262 valence electrons. The molecule has 3 aromatic carbocycles. The maximum Gasteiger partial charge on any atom is 0.257 e. The van der Waals surface area contributed by atoms with Crippen molar-refractivity contribution in [2.24, 2.45) is 0 Å². The highest BCUT2D eigenvalue weighted by Gasteiger charge is 2.33. The van der Waals surface area contributed by atoms with Crippen molar-refractivity contribution in [3.8, 4) is 5.75 Å². The van der Waals surface area contributed by atoms with Crippen LogP contribution in [0.4, 0.5) is 27.6 Å². The number of benzene rings is 3. The van der Waals surface area contributed by atoms with Gasteiger partial charge in [-0.05, 0) is 36.2 Å². The molecule has 0 saturated heterocycles. The summed E-state index contributed by atoms with van der Waals surface area (Å²) in [4.78, 5) is 32.3. The molecule has 49 heavy (non-hydrogen) atoms. The molecule has 0 aliphatic heterocycles. The molecule has 0 spiro atoms. The zero-order valence-corrected chi connectivity index (χ0v) is 28.7. The van der Waals surface area contributed by atoms with E-state index in [1.54, 1.807) is 32.4 Å². The minimum atomic E-state index is -2.96. The average Bonchev–Trinajstić information content (AvgIpc) is 3.11. The standard InChI is InChI=1S/C33H31F5N4O4S.C2H6/c1-5-41(47(45)32-30(37)28(35)27(34)29(36)31(32)38)18-26(43)42(17-22-12-11-20(2)16-39-22)23-13-14-24(33(44)40(3)4)25(15-23)46-19-21-9-7-6-8-10-21;1-2/h6-16H,5,17-19H2,1-4H3;1-2H3. The number of hydrogen-bond acceptors (Lipinski definition) is 5. The van der Waals surface area contributed by atoms with Gasteiger partial charge < -0.3 is 14.5 Å². The minimum absolute atomic E-state index is 0.0932. The SMILES string of the molecule is CC.CCN(CC(=O)N(Cc1ccc(C)cn1)c1ccc(C(=O)N(C)C)c(OCc2ccccc2)c1)S(=O)c1c(F)c(F)c(F)c(F)c1F. The number of rotatable bonds is 12. The van der Waals surface area contributed by atoms with Gasteiger partial charge in [0.1, 0.15) is 28.2 Å². The number of anilines is 1.